The van der Waals surface area contributed by atoms with E-state index in [-0.39, 0.29) is 10.6 Å². The van der Waals surface area contributed by atoms with E-state index in [1.807, 2.05) is 22.9 Å². The summed E-state index contributed by atoms with van der Waals surface area (Å²) in [5.41, 5.74) is 1.50. The van der Waals surface area contributed by atoms with Crippen LogP contribution in [0.5, 0.6) is 0 Å². The zero-order valence-electron chi connectivity index (χ0n) is 17.4. The van der Waals surface area contributed by atoms with E-state index in [1.54, 1.807) is 18.2 Å². The fourth-order valence-corrected chi connectivity index (χ4v) is 4.05. The van der Waals surface area contributed by atoms with Crippen LogP contribution in [0.2, 0.25) is 0 Å². The third-order valence-corrected chi connectivity index (χ3v) is 5.90. The molecule has 0 saturated carbocycles. The molecule has 30 heavy (non-hydrogen) atoms. The van der Waals surface area contributed by atoms with Crippen molar-refractivity contribution < 1.29 is 18.0 Å². The Morgan fingerprint density at radius 2 is 1.67 bits per heavy atom. The number of carbonyl (C=O) groups excluding carboxylic acids is 2. The van der Waals surface area contributed by atoms with Crippen molar-refractivity contribution in [2.75, 3.05) is 5.32 Å². The maximum absolute atomic E-state index is 12.6. The lowest BCUT2D eigenvalue weighted by molar-refractivity contribution is -0.117. The molecule has 6 nitrogen and oxygen atoms in total. The molecule has 0 bridgehead atoms. The molecule has 2 aromatic carbocycles. The lowest BCUT2D eigenvalue weighted by Crippen LogP contribution is -2.29. The summed E-state index contributed by atoms with van der Waals surface area (Å²) in [6, 6.07) is 13.0. The number of para-hydroxylation sites is 1. The minimum Gasteiger partial charge on any atom is -0.321 e. The van der Waals surface area contributed by atoms with Gasteiger partial charge in [-0.15, -0.1) is 0 Å². The molecular weight excluding hydrogens is 400 g/mol. The van der Waals surface area contributed by atoms with Crippen molar-refractivity contribution in [1.29, 1.82) is 0 Å². The first-order valence-corrected chi connectivity index (χ1v) is 11.5. The van der Waals surface area contributed by atoms with E-state index < -0.39 is 21.8 Å². The third-order valence-electron chi connectivity index (χ3n) is 4.41. The first-order valence-electron chi connectivity index (χ1n) is 10.0. The predicted octanol–water partition coefficient (Wildman–Crippen LogP) is 4.75. The average Bonchev–Trinajstić information content (AvgIpc) is 2.70. The molecule has 160 valence electrons. The molecule has 0 fully saturated rings. The average molecular weight is 429 g/mol. The lowest BCUT2D eigenvalue weighted by Gasteiger charge is -2.12. The van der Waals surface area contributed by atoms with E-state index in [1.165, 1.54) is 43.9 Å². The van der Waals surface area contributed by atoms with Crippen LogP contribution in [0, 0.1) is 0 Å². The molecule has 2 aromatic rings. The summed E-state index contributed by atoms with van der Waals surface area (Å²) in [7, 11) is -4.07. The molecule has 7 heteroatoms. The molecule has 0 unspecified atom stereocenters. The molecule has 2 amide bonds. The van der Waals surface area contributed by atoms with Crippen LogP contribution in [0.3, 0.4) is 0 Å². The Morgan fingerprint density at radius 3 is 2.33 bits per heavy atom. The summed E-state index contributed by atoms with van der Waals surface area (Å²) in [5.74, 6) is -1.14. The Balaban J connectivity index is 2.05. The van der Waals surface area contributed by atoms with Gasteiger partial charge in [0.25, 0.3) is 15.9 Å². The van der Waals surface area contributed by atoms with Gasteiger partial charge in [0.15, 0.2) is 0 Å². The number of unbranched alkanes of at least 4 members (excludes halogenated alkanes) is 4. The van der Waals surface area contributed by atoms with Gasteiger partial charge in [-0.25, -0.2) is 13.1 Å². The maximum Gasteiger partial charge on any atom is 0.266 e. The number of hydrogen-bond donors (Lipinski definition) is 2. The van der Waals surface area contributed by atoms with E-state index in [0.717, 1.165) is 18.9 Å². The first kappa shape index (κ1) is 23.3. The lowest BCUT2D eigenvalue weighted by atomic mass is 10.1. The molecule has 2 N–H and O–H groups in total. The van der Waals surface area contributed by atoms with Crippen LogP contribution >= 0.6 is 0 Å². The number of nitrogens with one attached hydrogen (secondary N) is 2. The largest absolute Gasteiger partial charge is 0.321 e. The highest BCUT2D eigenvalue weighted by atomic mass is 32.2. The summed E-state index contributed by atoms with van der Waals surface area (Å²) in [6.07, 6.45) is 10.1. The van der Waals surface area contributed by atoms with Crippen molar-refractivity contribution >= 4 is 33.6 Å². The van der Waals surface area contributed by atoms with Gasteiger partial charge < -0.3 is 5.32 Å². The molecule has 2 rings (SSSR count). The fraction of sp³-hybridized carbons (Fsp3) is 0.304. The topological polar surface area (TPSA) is 92.3 Å². The number of allylic oxidation sites excluding steroid dienone is 1. The molecule has 0 radical (unpaired) electrons. The van der Waals surface area contributed by atoms with Gasteiger partial charge in [-0.05, 0) is 42.7 Å². The molecule has 0 spiro atoms. The van der Waals surface area contributed by atoms with E-state index >= 15 is 0 Å². The van der Waals surface area contributed by atoms with Gasteiger partial charge in [-0.3, -0.25) is 9.59 Å². The van der Waals surface area contributed by atoms with E-state index in [9.17, 15) is 18.0 Å². The molecule has 0 aromatic heterocycles. The summed E-state index contributed by atoms with van der Waals surface area (Å²) >= 11 is 0. The van der Waals surface area contributed by atoms with Gasteiger partial charge in [0.1, 0.15) is 4.90 Å². The summed E-state index contributed by atoms with van der Waals surface area (Å²) in [6.45, 7) is 3.30. The molecular formula is C23H28N2O4S. The zero-order valence-corrected chi connectivity index (χ0v) is 18.2. The van der Waals surface area contributed by atoms with Crippen LogP contribution in [0.25, 0.3) is 6.08 Å². The van der Waals surface area contributed by atoms with Gasteiger partial charge in [0.05, 0.1) is 5.69 Å². The molecule has 0 aliphatic heterocycles. The number of hydrogen-bond acceptors (Lipinski definition) is 4. The number of sulfonamides is 1. The Labute approximate surface area is 178 Å². The van der Waals surface area contributed by atoms with Crippen molar-refractivity contribution in [3.8, 4) is 0 Å². The van der Waals surface area contributed by atoms with Gasteiger partial charge in [0.2, 0.25) is 5.91 Å². The third kappa shape index (κ3) is 7.15. The van der Waals surface area contributed by atoms with Crippen LogP contribution in [-0.2, 0) is 14.8 Å². The summed E-state index contributed by atoms with van der Waals surface area (Å²) in [4.78, 5) is 23.6. The van der Waals surface area contributed by atoms with Gasteiger partial charge in [-0.2, -0.15) is 0 Å². The second-order valence-electron chi connectivity index (χ2n) is 6.99. The Hall–Kier alpha value is -2.93. The highest BCUT2D eigenvalue weighted by Gasteiger charge is 2.20. The van der Waals surface area contributed by atoms with Crippen LogP contribution in [0.1, 0.15) is 61.9 Å². The van der Waals surface area contributed by atoms with Gasteiger partial charge >= 0.3 is 0 Å². The van der Waals surface area contributed by atoms with Crippen molar-refractivity contribution in [1.82, 2.24) is 4.72 Å². The molecule has 0 atom stereocenters. The summed E-state index contributed by atoms with van der Waals surface area (Å²) in [5, 5.41) is 2.61. The SMILES string of the molecule is CCCCCC/C=C/c1ccc(C(=O)Nc2ccccc2S(=O)(=O)NC(C)=O)cc1. The Kier molecular flexibility index (Phi) is 8.80. The van der Waals surface area contributed by atoms with Crippen molar-refractivity contribution in [3.63, 3.8) is 0 Å². The van der Waals surface area contributed by atoms with Crippen molar-refractivity contribution in [2.45, 2.75) is 50.8 Å². The Morgan fingerprint density at radius 1 is 0.967 bits per heavy atom. The van der Waals surface area contributed by atoms with Crippen LogP contribution in [0.15, 0.2) is 59.5 Å². The second kappa shape index (κ2) is 11.3. The van der Waals surface area contributed by atoms with Crippen molar-refractivity contribution in [3.05, 3.63) is 65.7 Å². The predicted molar refractivity (Wildman–Crippen MR) is 120 cm³/mol. The second-order valence-corrected chi connectivity index (χ2v) is 8.64. The van der Waals surface area contributed by atoms with Crippen LogP contribution in [-0.4, -0.2) is 20.2 Å². The number of anilines is 1. The highest BCUT2D eigenvalue weighted by molar-refractivity contribution is 7.90. The molecule has 0 aliphatic carbocycles. The van der Waals surface area contributed by atoms with Crippen molar-refractivity contribution in [2.24, 2.45) is 0 Å². The quantitative estimate of drug-likeness (QED) is 0.534. The maximum atomic E-state index is 12.6. The summed E-state index contributed by atoms with van der Waals surface area (Å²) < 4.78 is 26.5. The van der Waals surface area contributed by atoms with Gasteiger partial charge in [0, 0.05) is 12.5 Å². The van der Waals surface area contributed by atoms with E-state index in [2.05, 4.69) is 18.3 Å². The van der Waals surface area contributed by atoms with Crippen LogP contribution < -0.4 is 10.0 Å². The molecule has 0 aliphatic rings. The minimum absolute atomic E-state index is 0.104. The standard InChI is InChI=1S/C23H28N2O4S/c1-3-4-5-6-7-8-11-19-14-16-20(17-15-19)23(27)24-21-12-9-10-13-22(21)30(28,29)25-18(2)26/h8-17H,3-7H2,1-2H3,(H,24,27)(H,25,26)/b11-8+. The smallest absolute Gasteiger partial charge is 0.266 e. The zero-order chi connectivity index (χ0) is 22.0. The molecule has 0 saturated heterocycles. The Bertz CT molecular complexity index is 996. The fourth-order valence-electron chi connectivity index (χ4n) is 2.90. The highest BCUT2D eigenvalue weighted by Crippen LogP contribution is 2.21. The number of carbonyl (C=O) groups is 2. The number of benzene rings is 2. The van der Waals surface area contributed by atoms with Gasteiger partial charge in [-0.1, -0.05) is 62.6 Å². The van der Waals surface area contributed by atoms with Crippen LogP contribution in [0.4, 0.5) is 5.69 Å². The number of amides is 2. The van der Waals surface area contributed by atoms with E-state index in [0.29, 0.717) is 5.56 Å². The van der Waals surface area contributed by atoms with E-state index in [4.69, 9.17) is 0 Å². The number of rotatable bonds is 10. The first-order chi connectivity index (χ1) is 14.3. The molecule has 0 heterocycles. The minimum atomic E-state index is -4.07. The monoisotopic (exact) mass is 428 g/mol. The normalized spacial score (nSPS) is 11.4.